The van der Waals surface area contributed by atoms with Crippen LogP contribution in [-0.2, 0) is 18.3 Å². The Bertz CT molecular complexity index is 703. The van der Waals surface area contributed by atoms with E-state index in [1.807, 2.05) is 18.1 Å². The smallest absolute Gasteiger partial charge is 0.231 e. The van der Waals surface area contributed by atoms with E-state index in [1.165, 1.54) is 19.3 Å². The van der Waals surface area contributed by atoms with Gasteiger partial charge in [0.2, 0.25) is 11.8 Å². The van der Waals surface area contributed by atoms with E-state index in [0.717, 1.165) is 18.7 Å². The van der Waals surface area contributed by atoms with Gasteiger partial charge in [-0.3, -0.25) is 9.48 Å². The molecule has 1 amide bonds. The fourth-order valence-corrected chi connectivity index (χ4v) is 3.35. The van der Waals surface area contributed by atoms with Crippen molar-refractivity contribution in [2.45, 2.75) is 38.0 Å². The third-order valence-corrected chi connectivity index (χ3v) is 4.88. The van der Waals surface area contributed by atoms with Gasteiger partial charge in [-0.2, -0.15) is 10.1 Å². The fourth-order valence-electron chi connectivity index (χ4n) is 3.35. The summed E-state index contributed by atoms with van der Waals surface area (Å²) in [6.07, 6.45) is 8.62. The second kappa shape index (κ2) is 5.79. The number of rotatable bonds is 5. The molecule has 1 unspecified atom stereocenters. The zero-order valence-corrected chi connectivity index (χ0v) is 13.3. The second-order valence-corrected chi connectivity index (χ2v) is 6.74. The van der Waals surface area contributed by atoms with Crippen LogP contribution in [0.4, 0.5) is 0 Å². The van der Waals surface area contributed by atoms with E-state index >= 15 is 0 Å². The van der Waals surface area contributed by atoms with E-state index in [2.05, 4.69) is 15.2 Å². The summed E-state index contributed by atoms with van der Waals surface area (Å²) in [5.74, 6) is 2.23. The molecule has 7 nitrogen and oxygen atoms in total. The summed E-state index contributed by atoms with van der Waals surface area (Å²) < 4.78 is 7.10. The quantitative estimate of drug-likeness (QED) is 0.836. The predicted molar refractivity (Wildman–Crippen MR) is 81.6 cm³/mol. The molecule has 23 heavy (non-hydrogen) atoms. The lowest BCUT2D eigenvalue weighted by molar-refractivity contribution is -0.128. The number of carbonyl (C=O) groups is 1. The molecule has 7 heteroatoms. The van der Waals surface area contributed by atoms with Crippen LogP contribution in [0.2, 0.25) is 0 Å². The molecule has 0 radical (unpaired) electrons. The highest BCUT2D eigenvalue weighted by atomic mass is 16.5. The van der Waals surface area contributed by atoms with Crippen molar-refractivity contribution in [2.75, 3.05) is 13.1 Å². The molecule has 2 aromatic rings. The van der Waals surface area contributed by atoms with Crippen LogP contribution in [0.25, 0.3) is 0 Å². The second-order valence-electron chi connectivity index (χ2n) is 6.74. The third kappa shape index (κ3) is 3.00. The molecule has 2 aromatic heterocycles. The van der Waals surface area contributed by atoms with Gasteiger partial charge < -0.3 is 9.42 Å². The van der Waals surface area contributed by atoms with Gasteiger partial charge >= 0.3 is 0 Å². The lowest BCUT2D eigenvalue weighted by atomic mass is 9.85. The van der Waals surface area contributed by atoms with Gasteiger partial charge in [0.15, 0.2) is 5.82 Å². The van der Waals surface area contributed by atoms with Crippen LogP contribution in [0.15, 0.2) is 16.9 Å². The Morgan fingerprint density at radius 2 is 2.26 bits per heavy atom. The monoisotopic (exact) mass is 315 g/mol. The van der Waals surface area contributed by atoms with Gasteiger partial charge in [-0.25, -0.2) is 0 Å². The standard InChI is InChI=1S/C16H21N5O2/c1-20-8-12(7-17-20)5-14-18-16(19-23-14)13-6-15(22)21(10-13)9-11-3-2-4-11/h7-8,11,13H,2-6,9-10H2,1H3. The number of aromatic nitrogens is 4. The van der Waals surface area contributed by atoms with Crippen molar-refractivity contribution in [1.82, 2.24) is 24.8 Å². The Hall–Kier alpha value is -2.18. The third-order valence-electron chi connectivity index (χ3n) is 4.88. The first-order valence-electron chi connectivity index (χ1n) is 8.25. The predicted octanol–water partition coefficient (Wildman–Crippen LogP) is 1.51. The molecule has 1 saturated heterocycles. The summed E-state index contributed by atoms with van der Waals surface area (Å²) in [4.78, 5) is 18.6. The summed E-state index contributed by atoms with van der Waals surface area (Å²) in [6, 6.07) is 0. The average Bonchev–Trinajstić information content (AvgIpc) is 3.16. The van der Waals surface area contributed by atoms with Gasteiger partial charge in [-0.05, 0) is 24.3 Å². The number of amides is 1. The van der Waals surface area contributed by atoms with Crippen molar-refractivity contribution < 1.29 is 9.32 Å². The van der Waals surface area contributed by atoms with Gasteiger partial charge in [0.1, 0.15) is 0 Å². The van der Waals surface area contributed by atoms with Crippen LogP contribution < -0.4 is 0 Å². The molecule has 1 aliphatic carbocycles. The van der Waals surface area contributed by atoms with Crippen molar-refractivity contribution in [2.24, 2.45) is 13.0 Å². The van der Waals surface area contributed by atoms with Crippen LogP contribution >= 0.6 is 0 Å². The molecule has 0 spiro atoms. The number of carbonyl (C=O) groups excluding carboxylic acids is 1. The lowest BCUT2D eigenvalue weighted by Crippen LogP contribution is -2.33. The van der Waals surface area contributed by atoms with Crippen LogP contribution in [0.5, 0.6) is 0 Å². The molecule has 0 N–H and O–H groups in total. The van der Waals surface area contributed by atoms with Crippen molar-refractivity contribution in [1.29, 1.82) is 0 Å². The van der Waals surface area contributed by atoms with Crippen LogP contribution in [0.3, 0.4) is 0 Å². The first kappa shape index (κ1) is 14.4. The molecule has 0 bridgehead atoms. The van der Waals surface area contributed by atoms with E-state index in [1.54, 1.807) is 10.9 Å². The van der Waals surface area contributed by atoms with E-state index in [9.17, 15) is 4.79 Å². The van der Waals surface area contributed by atoms with Gasteiger partial charge in [-0.15, -0.1) is 0 Å². The zero-order valence-electron chi connectivity index (χ0n) is 13.3. The van der Waals surface area contributed by atoms with Crippen LogP contribution in [0, 0.1) is 5.92 Å². The van der Waals surface area contributed by atoms with Crippen molar-refractivity contribution in [3.05, 3.63) is 29.7 Å². The van der Waals surface area contributed by atoms with Crippen molar-refractivity contribution >= 4 is 5.91 Å². The number of hydrogen-bond acceptors (Lipinski definition) is 5. The maximum atomic E-state index is 12.2. The topological polar surface area (TPSA) is 77.0 Å². The Labute approximate surface area is 134 Å². The Kier molecular flexibility index (Phi) is 3.63. The largest absolute Gasteiger partial charge is 0.342 e. The number of nitrogens with zero attached hydrogens (tertiary/aromatic N) is 5. The van der Waals surface area contributed by atoms with Crippen molar-refractivity contribution in [3.63, 3.8) is 0 Å². The van der Waals surface area contributed by atoms with Crippen molar-refractivity contribution in [3.8, 4) is 0 Å². The van der Waals surface area contributed by atoms with E-state index in [4.69, 9.17) is 4.52 Å². The molecule has 2 aliphatic rings. The molecular weight excluding hydrogens is 294 g/mol. The fraction of sp³-hybridized carbons (Fsp3) is 0.625. The minimum absolute atomic E-state index is 0.0639. The summed E-state index contributed by atoms with van der Waals surface area (Å²) in [5.41, 5.74) is 1.04. The highest BCUT2D eigenvalue weighted by Crippen LogP contribution is 2.32. The normalized spacial score (nSPS) is 21.9. The number of aryl methyl sites for hydroxylation is 1. The van der Waals surface area contributed by atoms with Gasteiger partial charge in [-0.1, -0.05) is 11.6 Å². The first-order valence-corrected chi connectivity index (χ1v) is 8.25. The van der Waals surface area contributed by atoms with Gasteiger partial charge in [0.05, 0.1) is 12.6 Å². The molecule has 1 aliphatic heterocycles. The molecule has 2 fully saturated rings. The lowest BCUT2D eigenvalue weighted by Gasteiger charge is -2.30. The molecule has 1 atom stereocenters. The molecule has 3 heterocycles. The van der Waals surface area contributed by atoms with Gasteiger partial charge in [0.25, 0.3) is 0 Å². The minimum atomic E-state index is 0.0639. The molecule has 122 valence electrons. The Morgan fingerprint density at radius 3 is 2.96 bits per heavy atom. The Morgan fingerprint density at radius 1 is 1.39 bits per heavy atom. The Balaban J connectivity index is 1.39. The molecular formula is C16H21N5O2. The number of hydrogen-bond donors (Lipinski definition) is 0. The maximum absolute atomic E-state index is 12.2. The maximum Gasteiger partial charge on any atom is 0.231 e. The highest BCUT2D eigenvalue weighted by molar-refractivity contribution is 5.79. The summed E-state index contributed by atoms with van der Waals surface area (Å²) >= 11 is 0. The average molecular weight is 315 g/mol. The first-order chi connectivity index (χ1) is 11.2. The van der Waals surface area contributed by atoms with E-state index in [-0.39, 0.29) is 11.8 Å². The minimum Gasteiger partial charge on any atom is -0.342 e. The highest BCUT2D eigenvalue weighted by Gasteiger charge is 2.35. The molecule has 4 rings (SSSR count). The molecule has 1 saturated carbocycles. The SMILES string of the molecule is Cn1cc(Cc2nc(C3CC(=O)N(CC4CCC4)C3)no2)cn1. The van der Waals surface area contributed by atoms with E-state index in [0.29, 0.717) is 30.5 Å². The number of likely N-dealkylation sites (tertiary alicyclic amines) is 1. The van der Waals surface area contributed by atoms with Crippen LogP contribution in [-0.4, -0.2) is 43.8 Å². The summed E-state index contributed by atoms with van der Waals surface area (Å²) in [7, 11) is 1.88. The van der Waals surface area contributed by atoms with Gasteiger partial charge in [0, 0.05) is 38.7 Å². The zero-order chi connectivity index (χ0) is 15.8. The van der Waals surface area contributed by atoms with Crippen LogP contribution in [0.1, 0.15) is 48.9 Å². The molecule has 0 aromatic carbocycles. The van der Waals surface area contributed by atoms with E-state index < -0.39 is 0 Å². The summed E-state index contributed by atoms with van der Waals surface area (Å²) in [5, 5.41) is 8.22. The summed E-state index contributed by atoms with van der Waals surface area (Å²) in [6.45, 7) is 1.62.